The van der Waals surface area contributed by atoms with Crippen LogP contribution in [0.15, 0.2) is 58.4 Å². The SMILES string of the molecule is COc1ccc(-c2csc(NC(=O)COc3cccc(Br)c3)n2)cc1. The van der Waals surface area contributed by atoms with Crippen LogP contribution in [0.25, 0.3) is 11.3 Å². The maximum atomic E-state index is 12.0. The van der Waals surface area contributed by atoms with Gasteiger partial charge in [-0.05, 0) is 42.5 Å². The van der Waals surface area contributed by atoms with Gasteiger partial charge in [-0.3, -0.25) is 10.1 Å². The van der Waals surface area contributed by atoms with Gasteiger partial charge in [-0.25, -0.2) is 4.98 Å². The van der Waals surface area contributed by atoms with Gasteiger partial charge >= 0.3 is 0 Å². The zero-order valence-corrected chi connectivity index (χ0v) is 15.8. The molecule has 1 aromatic heterocycles. The van der Waals surface area contributed by atoms with Crippen LogP contribution in [0.1, 0.15) is 0 Å². The molecule has 7 heteroatoms. The van der Waals surface area contributed by atoms with Crippen LogP contribution in [0, 0.1) is 0 Å². The highest BCUT2D eigenvalue weighted by Crippen LogP contribution is 2.26. The minimum Gasteiger partial charge on any atom is -0.497 e. The summed E-state index contributed by atoms with van der Waals surface area (Å²) >= 11 is 4.73. The molecule has 0 saturated carbocycles. The summed E-state index contributed by atoms with van der Waals surface area (Å²) in [5.41, 5.74) is 1.76. The van der Waals surface area contributed by atoms with Crippen molar-refractivity contribution in [3.05, 3.63) is 58.4 Å². The first kappa shape index (κ1) is 17.4. The molecule has 1 N–H and O–H groups in total. The van der Waals surface area contributed by atoms with Crippen LogP contribution in [0.4, 0.5) is 5.13 Å². The number of methoxy groups -OCH3 is 1. The number of carbonyl (C=O) groups excluding carboxylic acids is 1. The average Bonchev–Trinajstić information content (AvgIpc) is 3.08. The third-order valence-electron chi connectivity index (χ3n) is 3.30. The van der Waals surface area contributed by atoms with E-state index in [1.165, 1.54) is 11.3 Å². The van der Waals surface area contributed by atoms with Gasteiger partial charge in [0.05, 0.1) is 12.8 Å². The van der Waals surface area contributed by atoms with Crippen molar-refractivity contribution in [2.24, 2.45) is 0 Å². The number of hydrogen-bond donors (Lipinski definition) is 1. The maximum Gasteiger partial charge on any atom is 0.264 e. The minimum atomic E-state index is -0.254. The number of nitrogens with zero attached hydrogens (tertiary/aromatic N) is 1. The number of halogens is 1. The largest absolute Gasteiger partial charge is 0.497 e. The first-order chi connectivity index (χ1) is 12.1. The van der Waals surface area contributed by atoms with Crippen LogP contribution in [0.3, 0.4) is 0 Å². The molecule has 3 rings (SSSR count). The smallest absolute Gasteiger partial charge is 0.264 e. The van der Waals surface area contributed by atoms with Crippen molar-refractivity contribution in [2.45, 2.75) is 0 Å². The van der Waals surface area contributed by atoms with Crippen molar-refractivity contribution in [3.8, 4) is 22.8 Å². The Morgan fingerprint density at radius 2 is 2.00 bits per heavy atom. The molecule has 1 heterocycles. The fraction of sp³-hybridized carbons (Fsp3) is 0.111. The summed E-state index contributed by atoms with van der Waals surface area (Å²) in [7, 11) is 1.63. The van der Waals surface area contributed by atoms with E-state index in [2.05, 4.69) is 26.2 Å². The van der Waals surface area contributed by atoms with E-state index >= 15 is 0 Å². The van der Waals surface area contributed by atoms with E-state index in [-0.39, 0.29) is 12.5 Å². The number of hydrogen-bond acceptors (Lipinski definition) is 5. The van der Waals surface area contributed by atoms with E-state index in [0.717, 1.165) is 21.5 Å². The molecule has 0 saturated heterocycles. The van der Waals surface area contributed by atoms with E-state index in [0.29, 0.717) is 10.9 Å². The summed E-state index contributed by atoms with van der Waals surface area (Å²) in [5.74, 6) is 1.16. The predicted octanol–water partition coefficient (Wildman–Crippen LogP) is 4.60. The Morgan fingerprint density at radius 3 is 2.72 bits per heavy atom. The molecule has 0 spiro atoms. The second-order valence-corrected chi connectivity index (χ2v) is 6.83. The topological polar surface area (TPSA) is 60.5 Å². The number of nitrogens with one attached hydrogen (secondary N) is 1. The second-order valence-electron chi connectivity index (χ2n) is 5.06. The predicted molar refractivity (Wildman–Crippen MR) is 102 cm³/mol. The molecule has 0 fully saturated rings. The first-order valence-corrected chi connectivity index (χ1v) is 9.09. The van der Waals surface area contributed by atoms with Gasteiger partial charge in [0.2, 0.25) is 0 Å². The number of anilines is 1. The van der Waals surface area contributed by atoms with E-state index in [1.54, 1.807) is 19.2 Å². The number of amides is 1. The Bertz CT molecular complexity index is 865. The van der Waals surface area contributed by atoms with E-state index < -0.39 is 0 Å². The van der Waals surface area contributed by atoms with Crippen LogP contribution in [0.2, 0.25) is 0 Å². The Labute approximate surface area is 157 Å². The molecule has 2 aromatic carbocycles. The Hall–Kier alpha value is -2.38. The summed E-state index contributed by atoms with van der Waals surface area (Å²) in [5, 5.41) is 5.18. The normalized spacial score (nSPS) is 10.3. The molecule has 3 aromatic rings. The van der Waals surface area contributed by atoms with Crippen molar-refractivity contribution in [1.82, 2.24) is 4.98 Å². The van der Waals surface area contributed by atoms with Crippen molar-refractivity contribution < 1.29 is 14.3 Å². The number of thiazole rings is 1. The van der Waals surface area contributed by atoms with Gasteiger partial charge < -0.3 is 9.47 Å². The van der Waals surface area contributed by atoms with Crippen LogP contribution in [-0.2, 0) is 4.79 Å². The highest BCUT2D eigenvalue weighted by molar-refractivity contribution is 9.10. The lowest BCUT2D eigenvalue weighted by atomic mass is 10.2. The lowest BCUT2D eigenvalue weighted by Gasteiger charge is -2.06. The minimum absolute atomic E-state index is 0.0755. The lowest BCUT2D eigenvalue weighted by Crippen LogP contribution is -2.20. The molecule has 0 aliphatic carbocycles. The molecule has 1 amide bonds. The zero-order chi connectivity index (χ0) is 17.6. The molecular weight excluding hydrogens is 404 g/mol. The molecule has 128 valence electrons. The first-order valence-electron chi connectivity index (χ1n) is 7.42. The quantitative estimate of drug-likeness (QED) is 0.635. The van der Waals surface area contributed by atoms with Gasteiger partial charge in [-0.1, -0.05) is 22.0 Å². The van der Waals surface area contributed by atoms with Crippen LogP contribution in [-0.4, -0.2) is 24.6 Å². The third-order valence-corrected chi connectivity index (χ3v) is 4.55. The molecule has 0 unspecified atom stereocenters. The van der Waals surface area contributed by atoms with Gasteiger partial charge in [0.25, 0.3) is 5.91 Å². The fourth-order valence-electron chi connectivity index (χ4n) is 2.09. The van der Waals surface area contributed by atoms with Gasteiger partial charge in [0.15, 0.2) is 11.7 Å². The molecule has 0 bridgehead atoms. The van der Waals surface area contributed by atoms with Crippen LogP contribution < -0.4 is 14.8 Å². The van der Waals surface area contributed by atoms with Crippen LogP contribution in [0.5, 0.6) is 11.5 Å². The molecule has 25 heavy (non-hydrogen) atoms. The van der Waals surface area contributed by atoms with Gasteiger partial charge in [-0.2, -0.15) is 0 Å². The number of rotatable bonds is 6. The van der Waals surface area contributed by atoms with Crippen molar-refractivity contribution in [3.63, 3.8) is 0 Å². The fourth-order valence-corrected chi connectivity index (χ4v) is 3.20. The average molecular weight is 419 g/mol. The highest BCUT2D eigenvalue weighted by atomic mass is 79.9. The zero-order valence-electron chi connectivity index (χ0n) is 13.4. The summed E-state index contributed by atoms with van der Waals surface area (Å²) < 4.78 is 11.5. The highest BCUT2D eigenvalue weighted by Gasteiger charge is 2.09. The molecule has 0 radical (unpaired) electrons. The van der Waals surface area contributed by atoms with Crippen LogP contribution >= 0.6 is 27.3 Å². The van der Waals surface area contributed by atoms with Crippen molar-refractivity contribution in [2.75, 3.05) is 19.0 Å². The van der Waals surface area contributed by atoms with Gasteiger partial charge in [-0.15, -0.1) is 11.3 Å². The van der Waals surface area contributed by atoms with Gasteiger partial charge in [0, 0.05) is 15.4 Å². The van der Waals surface area contributed by atoms with E-state index in [4.69, 9.17) is 9.47 Å². The summed E-state index contributed by atoms with van der Waals surface area (Å²) in [6.45, 7) is -0.0755. The monoisotopic (exact) mass is 418 g/mol. The van der Waals surface area contributed by atoms with E-state index in [9.17, 15) is 4.79 Å². The molecule has 0 atom stereocenters. The standard InChI is InChI=1S/C18H15BrN2O3S/c1-23-14-7-5-12(6-8-14)16-11-25-18(20-16)21-17(22)10-24-15-4-2-3-13(19)9-15/h2-9,11H,10H2,1H3,(H,20,21,22). The van der Waals surface area contributed by atoms with Crippen molar-refractivity contribution in [1.29, 1.82) is 0 Å². The maximum absolute atomic E-state index is 12.0. The van der Waals surface area contributed by atoms with Gasteiger partial charge in [0.1, 0.15) is 11.5 Å². The number of carbonyl (C=O) groups is 1. The molecule has 5 nitrogen and oxygen atoms in total. The molecule has 0 aliphatic heterocycles. The number of aromatic nitrogens is 1. The molecule has 0 aliphatic rings. The third kappa shape index (κ3) is 4.80. The Kier molecular flexibility index (Phi) is 5.67. The van der Waals surface area contributed by atoms with E-state index in [1.807, 2.05) is 41.8 Å². The summed E-state index contributed by atoms with van der Waals surface area (Å²) in [6, 6.07) is 14.9. The number of benzene rings is 2. The summed E-state index contributed by atoms with van der Waals surface area (Å²) in [4.78, 5) is 16.4. The Balaban J connectivity index is 1.57. The summed E-state index contributed by atoms with van der Waals surface area (Å²) in [6.07, 6.45) is 0. The molecular formula is C18H15BrN2O3S. The number of ether oxygens (including phenoxy) is 2. The Morgan fingerprint density at radius 1 is 1.20 bits per heavy atom. The van der Waals surface area contributed by atoms with Crippen molar-refractivity contribution >= 4 is 38.3 Å². The second kappa shape index (κ2) is 8.13. The lowest BCUT2D eigenvalue weighted by molar-refractivity contribution is -0.118.